The summed E-state index contributed by atoms with van der Waals surface area (Å²) in [7, 11) is 0. The molecule has 1 heterocycles. The van der Waals surface area contributed by atoms with Crippen LogP contribution in [0, 0.1) is 10.1 Å². The van der Waals surface area contributed by atoms with Crippen molar-refractivity contribution in [3.8, 4) is 0 Å². The Labute approximate surface area is 133 Å². The van der Waals surface area contributed by atoms with Crippen molar-refractivity contribution in [3.63, 3.8) is 0 Å². The third-order valence-electron chi connectivity index (χ3n) is 3.16. The summed E-state index contributed by atoms with van der Waals surface area (Å²) in [5, 5.41) is 13.7. The van der Waals surface area contributed by atoms with Crippen molar-refractivity contribution in [2.75, 3.05) is 17.7 Å². The van der Waals surface area contributed by atoms with Crippen LogP contribution in [0.25, 0.3) is 0 Å². The van der Waals surface area contributed by atoms with Gasteiger partial charge in [0.1, 0.15) is 6.20 Å². The van der Waals surface area contributed by atoms with E-state index in [1.54, 1.807) is 0 Å². The number of ether oxygens (including phenoxy) is 1. The second kappa shape index (κ2) is 8.04. The van der Waals surface area contributed by atoms with Gasteiger partial charge in [0, 0.05) is 13.2 Å². The topological polar surface area (TPSA) is 116 Å². The molecule has 3 N–H and O–H groups in total. The Bertz CT molecular complexity index is 678. The van der Waals surface area contributed by atoms with Gasteiger partial charge < -0.3 is 15.8 Å². The molecule has 0 unspecified atom stereocenters. The van der Waals surface area contributed by atoms with Crippen LogP contribution in [-0.4, -0.2) is 21.5 Å². The molecule has 1 aromatic carbocycles. The number of rotatable bonds is 8. The summed E-state index contributed by atoms with van der Waals surface area (Å²) in [6.07, 6.45) is 2.07. The Hall–Kier alpha value is -2.74. The van der Waals surface area contributed by atoms with Gasteiger partial charge in [-0.15, -0.1) is 0 Å². The van der Waals surface area contributed by atoms with E-state index in [1.165, 1.54) is 0 Å². The molecule has 0 atom stereocenters. The molecule has 0 aliphatic carbocycles. The van der Waals surface area contributed by atoms with E-state index in [2.05, 4.69) is 22.2 Å². The van der Waals surface area contributed by atoms with Crippen LogP contribution >= 0.6 is 0 Å². The van der Waals surface area contributed by atoms with Crippen molar-refractivity contribution >= 4 is 17.5 Å². The number of hydrogen-bond acceptors (Lipinski definition) is 7. The smallest absolute Gasteiger partial charge is 0.329 e. The van der Waals surface area contributed by atoms with Gasteiger partial charge in [-0.3, -0.25) is 10.1 Å². The standard InChI is InChI=1S/C15H19N5O3/c1-2-7-23-10-12-6-4-3-5-11(12)8-17-15-18-9-13(20(21)22)14(16)19-15/h3-6,9H,2,7-8,10H2,1H3,(H3,16,17,18,19). The average Bonchev–Trinajstić information content (AvgIpc) is 2.54. The van der Waals surface area contributed by atoms with Crippen LogP contribution < -0.4 is 11.1 Å². The number of nitro groups is 1. The van der Waals surface area contributed by atoms with Gasteiger partial charge in [0.15, 0.2) is 0 Å². The zero-order chi connectivity index (χ0) is 16.7. The second-order valence-corrected chi connectivity index (χ2v) is 4.90. The van der Waals surface area contributed by atoms with E-state index in [0.717, 1.165) is 23.7 Å². The molecule has 0 saturated heterocycles. The summed E-state index contributed by atoms with van der Waals surface area (Å²) in [5.41, 5.74) is 7.37. The molecule has 23 heavy (non-hydrogen) atoms. The molecule has 0 aliphatic heterocycles. The van der Waals surface area contributed by atoms with E-state index in [1.807, 2.05) is 24.3 Å². The predicted octanol–water partition coefficient (Wildman–Crippen LogP) is 2.51. The summed E-state index contributed by atoms with van der Waals surface area (Å²) in [6, 6.07) is 7.87. The quantitative estimate of drug-likeness (QED) is 0.436. The largest absolute Gasteiger partial charge is 0.378 e. The van der Waals surface area contributed by atoms with Crippen molar-refractivity contribution in [1.29, 1.82) is 0 Å². The minimum Gasteiger partial charge on any atom is -0.378 e. The number of anilines is 2. The van der Waals surface area contributed by atoms with E-state index >= 15 is 0 Å². The second-order valence-electron chi connectivity index (χ2n) is 4.90. The molecular formula is C15H19N5O3. The first-order valence-corrected chi connectivity index (χ1v) is 7.27. The first-order valence-electron chi connectivity index (χ1n) is 7.27. The third kappa shape index (κ3) is 4.62. The highest BCUT2D eigenvalue weighted by Crippen LogP contribution is 2.19. The lowest BCUT2D eigenvalue weighted by atomic mass is 10.1. The Morgan fingerprint density at radius 3 is 2.74 bits per heavy atom. The lowest BCUT2D eigenvalue weighted by molar-refractivity contribution is -0.384. The summed E-state index contributed by atoms with van der Waals surface area (Å²) in [5.74, 6) is 0.0874. The third-order valence-corrected chi connectivity index (χ3v) is 3.16. The molecule has 8 heteroatoms. The van der Waals surface area contributed by atoms with Crippen molar-refractivity contribution < 1.29 is 9.66 Å². The zero-order valence-corrected chi connectivity index (χ0v) is 12.9. The Kier molecular flexibility index (Phi) is 5.81. The van der Waals surface area contributed by atoms with Gasteiger partial charge in [-0.2, -0.15) is 4.98 Å². The van der Waals surface area contributed by atoms with Crippen molar-refractivity contribution in [3.05, 3.63) is 51.7 Å². The minimum absolute atomic E-state index is 0.160. The number of nitrogens with zero attached hydrogens (tertiary/aromatic N) is 3. The monoisotopic (exact) mass is 317 g/mol. The minimum atomic E-state index is -0.612. The molecule has 0 radical (unpaired) electrons. The summed E-state index contributed by atoms with van der Waals surface area (Å²) in [6.45, 7) is 3.78. The average molecular weight is 317 g/mol. The molecule has 0 saturated carbocycles. The maximum absolute atomic E-state index is 10.7. The predicted molar refractivity (Wildman–Crippen MR) is 86.8 cm³/mol. The van der Waals surface area contributed by atoms with Crippen molar-refractivity contribution in [1.82, 2.24) is 9.97 Å². The Morgan fingerprint density at radius 2 is 2.09 bits per heavy atom. The molecule has 2 aromatic rings. The highest BCUT2D eigenvalue weighted by atomic mass is 16.6. The molecule has 0 amide bonds. The highest BCUT2D eigenvalue weighted by molar-refractivity contribution is 5.53. The van der Waals surface area contributed by atoms with Crippen LogP contribution in [0.2, 0.25) is 0 Å². The molecule has 1 aromatic heterocycles. The van der Waals surface area contributed by atoms with Gasteiger partial charge >= 0.3 is 5.69 Å². The fourth-order valence-electron chi connectivity index (χ4n) is 1.99. The Balaban J connectivity index is 2.03. The van der Waals surface area contributed by atoms with Crippen molar-refractivity contribution in [2.24, 2.45) is 0 Å². The number of benzene rings is 1. The van der Waals surface area contributed by atoms with Gasteiger partial charge in [-0.25, -0.2) is 4.98 Å². The summed E-state index contributed by atoms with van der Waals surface area (Å²) < 4.78 is 5.57. The van der Waals surface area contributed by atoms with Gasteiger partial charge in [0.25, 0.3) is 0 Å². The van der Waals surface area contributed by atoms with E-state index in [0.29, 0.717) is 19.8 Å². The number of nitrogen functional groups attached to an aromatic ring is 1. The van der Waals surface area contributed by atoms with E-state index < -0.39 is 4.92 Å². The molecule has 0 fully saturated rings. The van der Waals surface area contributed by atoms with Gasteiger partial charge in [0.2, 0.25) is 11.8 Å². The van der Waals surface area contributed by atoms with Crippen LogP contribution in [0.1, 0.15) is 24.5 Å². The highest BCUT2D eigenvalue weighted by Gasteiger charge is 2.14. The van der Waals surface area contributed by atoms with Crippen LogP contribution in [0.5, 0.6) is 0 Å². The number of hydrogen-bond donors (Lipinski definition) is 2. The molecule has 0 spiro atoms. The first kappa shape index (κ1) is 16.6. The number of aromatic nitrogens is 2. The number of nitrogens with two attached hydrogens (primary N) is 1. The molecule has 0 bridgehead atoms. The first-order chi connectivity index (χ1) is 11.1. The van der Waals surface area contributed by atoms with Gasteiger partial charge in [0.05, 0.1) is 11.5 Å². The zero-order valence-electron chi connectivity index (χ0n) is 12.9. The van der Waals surface area contributed by atoms with Crippen LogP contribution in [0.4, 0.5) is 17.5 Å². The van der Waals surface area contributed by atoms with Crippen molar-refractivity contribution in [2.45, 2.75) is 26.5 Å². The summed E-state index contributed by atoms with van der Waals surface area (Å²) in [4.78, 5) is 17.9. The van der Waals surface area contributed by atoms with Crippen LogP contribution in [0.3, 0.4) is 0 Å². The van der Waals surface area contributed by atoms with E-state index in [-0.39, 0.29) is 17.5 Å². The molecule has 122 valence electrons. The van der Waals surface area contributed by atoms with Gasteiger partial charge in [-0.05, 0) is 17.5 Å². The molecule has 8 nitrogen and oxygen atoms in total. The fraction of sp³-hybridized carbons (Fsp3) is 0.333. The normalized spacial score (nSPS) is 10.5. The maximum Gasteiger partial charge on any atom is 0.329 e. The SMILES string of the molecule is CCCOCc1ccccc1CNc1ncc([N+](=O)[O-])c(N)n1. The lowest BCUT2D eigenvalue weighted by Crippen LogP contribution is -2.09. The maximum atomic E-state index is 10.7. The Morgan fingerprint density at radius 1 is 1.35 bits per heavy atom. The lowest BCUT2D eigenvalue weighted by Gasteiger charge is -2.11. The summed E-state index contributed by atoms with van der Waals surface area (Å²) >= 11 is 0. The van der Waals surface area contributed by atoms with E-state index in [9.17, 15) is 10.1 Å². The fourth-order valence-corrected chi connectivity index (χ4v) is 1.99. The van der Waals surface area contributed by atoms with Gasteiger partial charge in [-0.1, -0.05) is 31.2 Å². The molecule has 2 rings (SSSR count). The van der Waals surface area contributed by atoms with E-state index in [4.69, 9.17) is 10.5 Å². The number of nitrogens with one attached hydrogen (secondary N) is 1. The van der Waals surface area contributed by atoms with Crippen LogP contribution in [0.15, 0.2) is 30.5 Å². The van der Waals surface area contributed by atoms with Crippen LogP contribution in [-0.2, 0) is 17.9 Å². The molecular weight excluding hydrogens is 298 g/mol. The molecule has 0 aliphatic rings.